The van der Waals surface area contributed by atoms with Crippen molar-refractivity contribution in [1.29, 1.82) is 5.26 Å². The first-order valence-electron chi connectivity index (χ1n) is 6.74. The van der Waals surface area contributed by atoms with Crippen LogP contribution in [-0.2, 0) is 11.3 Å². The van der Waals surface area contributed by atoms with Gasteiger partial charge in [0.25, 0.3) is 0 Å². The van der Waals surface area contributed by atoms with E-state index in [-0.39, 0.29) is 5.91 Å². The second-order valence-electron chi connectivity index (χ2n) is 5.48. The van der Waals surface area contributed by atoms with Crippen LogP contribution in [0.5, 0.6) is 0 Å². The number of anilines is 1. The summed E-state index contributed by atoms with van der Waals surface area (Å²) in [6.45, 7) is 3.79. The largest absolute Gasteiger partial charge is 0.369 e. The number of nitriles is 1. The van der Waals surface area contributed by atoms with E-state index < -0.39 is 5.41 Å². The van der Waals surface area contributed by atoms with Gasteiger partial charge in [-0.3, -0.25) is 4.79 Å². The topological polar surface area (TPSA) is 82.2 Å². The second kappa shape index (κ2) is 5.51. The van der Waals surface area contributed by atoms with Crippen LogP contribution in [0, 0.1) is 16.7 Å². The van der Waals surface area contributed by atoms with Crippen molar-refractivity contribution >= 4 is 11.6 Å². The molecule has 20 heavy (non-hydrogen) atoms. The van der Waals surface area contributed by atoms with E-state index >= 15 is 0 Å². The number of nitrogens with one attached hydrogen (secondary N) is 1. The Kier molecular flexibility index (Phi) is 3.96. The highest BCUT2D eigenvalue weighted by atomic mass is 16.2. The van der Waals surface area contributed by atoms with Crippen molar-refractivity contribution in [1.82, 2.24) is 5.32 Å². The van der Waals surface area contributed by atoms with Gasteiger partial charge in [-0.1, -0.05) is 6.07 Å². The quantitative estimate of drug-likeness (QED) is 0.859. The van der Waals surface area contributed by atoms with Crippen molar-refractivity contribution in [3.63, 3.8) is 0 Å². The highest BCUT2D eigenvalue weighted by Crippen LogP contribution is 2.34. The fourth-order valence-electron chi connectivity index (χ4n) is 2.73. The average Bonchev–Trinajstić information content (AvgIpc) is 2.89. The number of nitrogens with zero attached hydrogens (tertiary/aromatic N) is 2. The molecule has 0 aliphatic carbocycles. The predicted octanol–water partition coefficient (Wildman–Crippen LogP) is 0.979. The summed E-state index contributed by atoms with van der Waals surface area (Å²) in [5.74, 6) is 0.0529. The van der Waals surface area contributed by atoms with Gasteiger partial charge in [0.1, 0.15) is 6.07 Å². The van der Waals surface area contributed by atoms with Gasteiger partial charge < -0.3 is 16.0 Å². The van der Waals surface area contributed by atoms with E-state index in [9.17, 15) is 10.1 Å². The molecule has 106 valence electrons. The van der Waals surface area contributed by atoms with Crippen LogP contribution >= 0.6 is 0 Å². The lowest BCUT2D eigenvalue weighted by atomic mass is 9.89. The van der Waals surface area contributed by atoms with E-state index in [0.717, 1.165) is 24.2 Å². The number of carbonyl (C=O) groups excluding carboxylic acids is 1. The number of carbonyl (C=O) groups is 1. The smallest absolute Gasteiger partial charge is 0.227 e. The third-order valence-electron chi connectivity index (χ3n) is 4.01. The fourth-order valence-corrected chi connectivity index (χ4v) is 2.73. The summed E-state index contributed by atoms with van der Waals surface area (Å²) < 4.78 is 0. The Hall–Kier alpha value is -2.06. The Labute approximate surface area is 119 Å². The molecule has 1 aliphatic rings. The van der Waals surface area contributed by atoms with E-state index in [1.165, 1.54) is 0 Å². The van der Waals surface area contributed by atoms with Crippen molar-refractivity contribution in [2.45, 2.75) is 19.9 Å². The third kappa shape index (κ3) is 2.47. The standard InChI is InChI=1S/C15H20N4O/c1-15(14(20)18-2)5-6-19(10-15)13-4-3-11(8-16)7-12(13)9-17/h3-4,7H,5-6,8,10,16H2,1-2H3,(H,18,20). The summed E-state index contributed by atoms with van der Waals surface area (Å²) >= 11 is 0. The van der Waals surface area contributed by atoms with Gasteiger partial charge in [0.15, 0.2) is 0 Å². The summed E-state index contributed by atoms with van der Waals surface area (Å²) in [7, 11) is 1.66. The van der Waals surface area contributed by atoms with Crippen molar-refractivity contribution in [3.8, 4) is 6.07 Å². The van der Waals surface area contributed by atoms with Gasteiger partial charge in [-0.2, -0.15) is 5.26 Å². The average molecular weight is 272 g/mol. The molecule has 0 bridgehead atoms. The van der Waals surface area contributed by atoms with Crippen LogP contribution < -0.4 is 16.0 Å². The van der Waals surface area contributed by atoms with E-state index in [2.05, 4.69) is 16.3 Å². The van der Waals surface area contributed by atoms with Crippen LogP contribution in [0.15, 0.2) is 18.2 Å². The molecule has 1 heterocycles. The highest BCUT2D eigenvalue weighted by Gasteiger charge is 2.40. The molecule has 0 saturated carbocycles. The van der Waals surface area contributed by atoms with Gasteiger partial charge in [0.05, 0.1) is 16.7 Å². The molecular weight excluding hydrogens is 252 g/mol. The van der Waals surface area contributed by atoms with Gasteiger partial charge in [-0.25, -0.2) is 0 Å². The van der Waals surface area contributed by atoms with Crippen LogP contribution in [0.2, 0.25) is 0 Å². The Bertz CT molecular complexity index is 563. The summed E-state index contributed by atoms with van der Waals surface area (Å²) in [5, 5.41) is 12.0. The zero-order valence-corrected chi connectivity index (χ0v) is 11.9. The number of amides is 1. The Morgan fingerprint density at radius 1 is 1.60 bits per heavy atom. The molecule has 0 aromatic heterocycles. The predicted molar refractivity (Wildman–Crippen MR) is 78.1 cm³/mol. The maximum absolute atomic E-state index is 11.9. The molecule has 1 aromatic carbocycles. The molecule has 5 nitrogen and oxygen atoms in total. The van der Waals surface area contributed by atoms with Gasteiger partial charge in [0.2, 0.25) is 5.91 Å². The first-order chi connectivity index (χ1) is 9.54. The molecule has 1 aliphatic heterocycles. The molecule has 1 aromatic rings. The molecule has 1 atom stereocenters. The first kappa shape index (κ1) is 14.4. The SMILES string of the molecule is CNC(=O)C1(C)CCN(c2ccc(CN)cc2C#N)C1. The number of nitrogens with two attached hydrogens (primary N) is 1. The van der Waals surface area contributed by atoms with Crippen LogP contribution in [0.3, 0.4) is 0 Å². The first-order valence-corrected chi connectivity index (χ1v) is 6.74. The van der Waals surface area contributed by atoms with E-state index in [4.69, 9.17) is 5.73 Å². The highest BCUT2D eigenvalue weighted by molar-refractivity contribution is 5.83. The molecule has 2 rings (SSSR count). The van der Waals surface area contributed by atoms with Crippen molar-refractivity contribution in [2.24, 2.45) is 11.1 Å². The van der Waals surface area contributed by atoms with E-state index in [0.29, 0.717) is 18.7 Å². The van der Waals surface area contributed by atoms with Crippen LogP contribution in [0.25, 0.3) is 0 Å². The van der Waals surface area contributed by atoms with Crippen LogP contribution in [0.1, 0.15) is 24.5 Å². The number of benzene rings is 1. The lowest BCUT2D eigenvalue weighted by molar-refractivity contribution is -0.128. The molecule has 1 amide bonds. The number of hydrogen-bond donors (Lipinski definition) is 2. The number of rotatable bonds is 3. The number of hydrogen-bond acceptors (Lipinski definition) is 4. The van der Waals surface area contributed by atoms with Crippen molar-refractivity contribution < 1.29 is 4.79 Å². The maximum Gasteiger partial charge on any atom is 0.227 e. The lowest BCUT2D eigenvalue weighted by Gasteiger charge is -2.24. The van der Waals surface area contributed by atoms with Gasteiger partial charge in [-0.05, 0) is 31.0 Å². The molecular formula is C15H20N4O. The summed E-state index contributed by atoms with van der Waals surface area (Å²) in [5.41, 5.74) is 7.66. The van der Waals surface area contributed by atoms with E-state index in [1.807, 2.05) is 25.1 Å². The summed E-state index contributed by atoms with van der Waals surface area (Å²) in [4.78, 5) is 14.1. The zero-order valence-electron chi connectivity index (χ0n) is 11.9. The molecule has 0 radical (unpaired) electrons. The summed E-state index contributed by atoms with van der Waals surface area (Å²) in [6, 6.07) is 7.91. The van der Waals surface area contributed by atoms with Gasteiger partial charge in [0, 0.05) is 26.7 Å². The normalized spacial score (nSPS) is 21.6. The summed E-state index contributed by atoms with van der Waals surface area (Å²) in [6.07, 6.45) is 0.788. The van der Waals surface area contributed by atoms with Crippen molar-refractivity contribution in [3.05, 3.63) is 29.3 Å². The molecule has 3 N–H and O–H groups in total. The minimum absolute atomic E-state index is 0.0529. The van der Waals surface area contributed by atoms with Gasteiger partial charge >= 0.3 is 0 Å². The maximum atomic E-state index is 11.9. The van der Waals surface area contributed by atoms with E-state index in [1.54, 1.807) is 7.05 Å². The monoisotopic (exact) mass is 272 g/mol. The Morgan fingerprint density at radius 2 is 2.35 bits per heavy atom. The zero-order chi connectivity index (χ0) is 14.8. The minimum Gasteiger partial charge on any atom is -0.369 e. The molecule has 1 unspecified atom stereocenters. The third-order valence-corrected chi connectivity index (χ3v) is 4.01. The fraction of sp³-hybridized carbons (Fsp3) is 0.467. The molecule has 0 spiro atoms. The molecule has 1 saturated heterocycles. The second-order valence-corrected chi connectivity index (χ2v) is 5.48. The molecule has 1 fully saturated rings. The Balaban J connectivity index is 2.27. The van der Waals surface area contributed by atoms with Crippen LogP contribution in [0.4, 0.5) is 5.69 Å². The lowest BCUT2D eigenvalue weighted by Crippen LogP contribution is -2.39. The minimum atomic E-state index is -0.395. The van der Waals surface area contributed by atoms with Crippen LogP contribution in [-0.4, -0.2) is 26.0 Å². The Morgan fingerprint density at radius 3 is 2.95 bits per heavy atom. The van der Waals surface area contributed by atoms with Gasteiger partial charge in [-0.15, -0.1) is 0 Å². The van der Waals surface area contributed by atoms with Crippen molar-refractivity contribution in [2.75, 3.05) is 25.0 Å². The molecule has 5 heteroatoms.